The zero-order valence-electron chi connectivity index (χ0n) is 9.15. The summed E-state index contributed by atoms with van der Waals surface area (Å²) in [5.41, 5.74) is 7.25. The molecule has 5 heteroatoms. The second-order valence-electron chi connectivity index (χ2n) is 3.40. The van der Waals surface area contributed by atoms with E-state index in [0.29, 0.717) is 23.1 Å². The van der Waals surface area contributed by atoms with E-state index in [1.807, 2.05) is 6.92 Å². The molecule has 0 aliphatic carbocycles. The van der Waals surface area contributed by atoms with Gasteiger partial charge >= 0.3 is 0 Å². The number of methoxy groups -OCH3 is 1. The highest BCUT2D eigenvalue weighted by Crippen LogP contribution is 2.30. The van der Waals surface area contributed by atoms with Gasteiger partial charge in [-0.1, -0.05) is 0 Å². The topological polar surface area (TPSA) is 73.2 Å². The molecule has 1 aromatic heterocycles. The Morgan fingerprint density at radius 3 is 2.75 bits per heavy atom. The summed E-state index contributed by atoms with van der Waals surface area (Å²) in [5, 5.41) is 6.75. The number of nitrogen functional groups attached to an aromatic ring is 1. The fraction of sp³-hybridized carbons (Fsp3) is 0.182. The summed E-state index contributed by atoms with van der Waals surface area (Å²) in [4.78, 5) is 0. The molecule has 2 aromatic rings. The fourth-order valence-electron chi connectivity index (χ4n) is 1.29. The monoisotopic (exact) mass is 219 g/mol. The van der Waals surface area contributed by atoms with Gasteiger partial charge < -0.3 is 15.2 Å². The summed E-state index contributed by atoms with van der Waals surface area (Å²) in [7, 11) is 1.59. The highest BCUT2D eigenvalue weighted by molar-refractivity contribution is 5.56. The number of nitrogens with one attached hydrogen (secondary N) is 1. The third kappa shape index (κ3) is 2.08. The Bertz CT molecular complexity index is 494. The highest BCUT2D eigenvalue weighted by atomic mass is 16.5. The average Bonchev–Trinajstić information content (AvgIpc) is 2.67. The first kappa shape index (κ1) is 10.4. The van der Waals surface area contributed by atoms with Crippen LogP contribution in [0, 0.1) is 6.92 Å². The van der Waals surface area contributed by atoms with E-state index in [-0.39, 0.29) is 0 Å². The number of aromatic nitrogens is 2. The Labute approximate surface area is 93.2 Å². The number of aryl methyl sites for hydroxylation is 1. The summed E-state index contributed by atoms with van der Waals surface area (Å²) in [6.45, 7) is 1.90. The van der Waals surface area contributed by atoms with Gasteiger partial charge in [0.2, 0.25) is 5.88 Å². The molecule has 0 radical (unpaired) electrons. The van der Waals surface area contributed by atoms with Gasteiger partial charge in [-0.15, -0.1) is 5.10 Å². The first-order valence-corrected chi connectivity index (χ1v) is 4.82. The van der Waals surface area contributed by atoms with Crippen LogP contribution in [0.15, 0.2) is 24.3 Å². The summed E-state index contributed by atoms with van der Waals surface area (Å²) in [6, 6.07) is 7.02. The molecule has 5 nitrogen and oxygen atoms in total. The van der Waals surface area contributed by atoms with Crippen molar-refractivity contribution in [3.05, 3.63) is 30.0 Å². The van der Waals surface area contributed by atoms with Crippen molar-refractivity contribution in [2.75, 3.05) is 12.8 Å². The second-order valence-corrected chi connectivity index (χ2v) is 3.40. The van der Waals surface area contributed by atoms with Gasteiger partial charge in [-0.25, -0.2) is 0 Å². The number of hydrogen-bond donors (Lipinski definition) is 2. The third-order valence-electron chi connectivity index (χ3n) is 2.12. The zero-order valence-corrected chi connectivity index (χ0v) is 9.15. The molecule has 0 spiro atoms. The van der Waals surface area contributed by atoms with Gasteiger partial charge in [0.05, 0.1) is 12.8 Å². The minimum atomic E-state index is 0.484. The van der Waals surface area contributed by atoms with E-state index in [4.69, 9.17) is 15.2 Å². The molecular formula is C11H13N3O2. The Morgan fingerprint density at radius 2 is 2.12 bits per heavy atom. The van der Waals surface area contributed by atoms with Crippen molar-refractivity contribution in [2.45, 2.75) is 6.92 Å². The molecule has 0 unspecified atom stereocenters. The Hall–Kier alpha value is -2.17. The molecule has 0 fully saturated rings. The molecule has 0 bridgehead atoms. The smallest absolute Gasteiger partial charge is 0.238 e. The Balaban J connectivity index is 2.26. The molecule has 0 aliphatic rings. The number of nitrogens with two attached hydrogens (primary N) is 1. The van der Waals surface area contributed by atoms with E-state index in [1.165, 1.54) is 0 Å². The molecule has 0 aliphatic heterocycles. The highest BCUT2D eigenvalue weighted by Gasteiger charge is 2.06. The lowest BCUT2D eigenvalue weighted by Crippen LogP contribution is -1.93. The Morgan fingerprint density at radius 1 is 1.31 bits per heavy atom. The number of hydrogen-bond acceptors (Lipinski definition) is 4. The molecular weight excluding hydrogens is 206 g/mol. The van der Waals surface area contributed by atoms with Gasteiger partial charge in [0.1, 0.15) is 5.75 Å². The first-order valence-electron chi connectivity index (χ1n) is 4.82. The SMILES string of the molecule is COc1ccc(N)c(Oc2cc(C)[nH]n2)c1. The molecule has 1 aromatic carbocycles. The average molecular weight is 219 g/mol. The van der Waals surface area contributed by atoms with Crippen LogP contribution in [0.4, 0.5) is 5.69 Å². The molecule has 84 valence electrons. The van der Waals surface area contributed by atoms with Crippen molar-refractivity contribution in [3.8, 4) is 17.4 Å². The van der Waals surface area contributed by atoms with Gasteiger partial charge in [0.15, 0.2) is 5.75 Å². The molecule has 0 saturated heterocycles. The zero-order chi connectivity index (χ0) is 11.5. The maximum atomic E-state index is 5.78. The third-order valence-corrected chi connectivity index (χ3v) is 2.12. The number of H-pyrrole nitrogens is 1. The Kier molecular flexibility index (Phi) is 2.68. The number of nitrogens with zero attached hydrogens (tertiary/aromatic N) is 1. The van der Waals surface area contributed by atoms with Crippen LogP contribution in [-0.4, -0.2) is 17.3 Å². The van der Waals surface area contributed by atoms with E-state index < -0.39 is 0 Å². The van der Waals surface area contributed by atoms with Gasteiger partial charge in [-0.05, 0) is 19.1 Å². The number of benzene rings is 1. The summed E-state index contributed by atoms with van der Waals surface area (Å²) in [5.74, 6) is 1.71. The minimum Gasteiger partial charge on any atom is -0.497 e. The summed E-state index contributed by atoms with van der Waals surface area (Å²) >= 11 is 0. The van der Waals surface area contributed by atoms with E-state index in [0.717, 1.165) is 5.69 Å². The first-order chi connectivity index (χ1) is 7.69. The van der Waals surface area contributed by atoms with E-state index in [2.05, 4.69) is 10.2 Å². The van der Waals surface area contributed by atoms with Crippen molar-refractivity contribution < 1.29 is 9.47 Å². The molecule has 0 saturated carbocycles. The molecule has 0 amide bonds. The van der Waals surface area contributed by atoms with Crippen LogP contribution in [0.25, 0.3) is 0 Å². The quantitative estimate of drug-likeness (QED) is 0.775. The van der Waals surface area contributed by atoms with Crippen LogP contribution < -0.4 is 15.2 Å². The van der Waals surface area contributed by atoms with Crippen molar-refractivity contribution >= 4 is 5.69 Å². The number of aromatic amines is 1. The maximum absolute atomic E-state index is 5.78. The lowest BCUT2D eigenvalue weighted by molar-refractivity contribution is 0.408. The van der Waals surface area contributed by atoms with E-state index >= 15 is 0 Å². The normalized spacial score (nSPS) is 10.1. The van der Waals surface area contributed by atoms with Crippen LogP contribution in [0.1, 0.15) is 5.69 Å². The standard InChI is InChI=1S/C11H13N3O2/c1-7-5-11(14-13-7)16-10-6-8(15-2)3-4-9(10)12/h3-6H,12H2,1-2H3,(H,13,14). The molecule has 3 N–H and O–H groups in total. The second kappa shape index (κ2) is 4.14. The molecule has 0 atom stereocenters. The number of anilines is 1. The van der Waals surface area contributed by atoms with E-state index in [1.54, 1.807) is 31.4 Å². The predicted octanol–water partition coefficient (Wildman–Crippen LogP) is 2.10. The van der Waals surface area contributed by atoms with Gasteiger partial charge in [0.25, 0.3) is 0 Å². The van der Waals surface area contributed by atoms with Crippen molar-refractivity contribution in [1.82, 2.24) is 10.2 Å². The van der Waals surface area contributed by atoms with Crippen LogP contribution in [0.5, 0.6) is 17.4 Å². The van der Waals surface area contributed by atoms with Gasteiger partial charge in [-0.2, -0.15) is 0 Å². The van der Waals surface area contributed by atoms with Crippen LogP contribution in [0.2, 0.25) is 0 Å². The fourth-order valence-corrected chi connectivity index (χ4v) is 1.29. The lowest BCUT2D eigenvalue weighted by atomic mass is 10.3. The van der Waals surface area contributed by atoms with Crippen LogP contribution in [0.3, 0.4) is 0 Å². The molecule has 2 rings (SSSR count). The van der Waals surface area contributed by atoms with Crippen molar-refractivity contribution in [2.24, 2.45) is 0 Å². The summed E-state index contributed by atoms with van der Waals surface area (Å²) in [6.07, 6.45) is 0. The van der Waals surface area contributed by atoms with Gasteiger partial charge in [-0.3, -0.25) is 5.10 Å². The summed E-state index contributed by atoms with van der Waals surface area (Å²) < 4.78 is 10.6. The van der Waals surface area contributed by atoms with Gasteiger partial charge in [0, 0.05) is 17.8 Å². The number of rotatable bonds is 3. The van der Waals surface area contributed by atoms with Crippen molar-refractivity contribution in [1.29, 1.82) is 0 Å². The minimum absolute atomic E-state index is 0.484. The van der Waals surface area contributed by atoms with Crippen LogP contribution in [-0.2, 0) is 0 Å². The lowest BCUT2D eigenvalue weighted by Gasteiger charge is -2.07. The number of ether oxygens (including phenoxy) is 2. The predicted molar refractivity (Wildman–Crippen MR) is 60.8 cm³/mol. The maximum Gasteiger partial charge on any atom is 0.238 e. The molecule has 1 heterocycles. The van der Waals surface area contributed by atoms with Crippen LogP contribution >= 0.6 is 0 Å². The largest absolute Gasteiger partial charge is 0.497 e. The molecule has 16 heavy (non-hydrogen) atoms. The van der Waals surface area contributed by atoms with E-state index in [9.17, 15) is 0 Å². The van der Waals surface area contributed by atoms with Crippen molar-refractivity contribution in [3.63, 3.8) is 0 Å².